The van der Waals surface area contributed by atoms with Gasteiger partial charge in [-0.3, -0.25) is 4.98 Å². The van der Waals surface area contributed by atoms with Crippen LogP contribution in [0.25, 0.3) is 32.9 Å². The monoisotopic (exact) mass is 681 g/mol. The van der Waals surface area contributed by atoms with E-state index >= 15 is 4.39 Å². The first-order valence-electron chi connectivity index (χ1n) is 15.6. The standard InChI is InChI=1S/C34H35ClF3N7O3/c1-34(2,3)48-33(46)45-13-12-44(16-21(45)10-11-39)31-23-14-40-29(22-7-5-6-19-8-9-24(36)27(35)26(19)22)28(38)30(23)41-32(42-31)47-18-20-15-43(4)17-25(20)37/h5-9,14,20-21,25H,10,12-13,15-18H2,1-4H3/t20-,21-,25-/m0/s1. The number of anilines is 1. The number of piperazine rings is 1. The molecule has 48 heavy (non-hydrogen) atoms. The van der Waals surface area contributed by atoms with Gasteiger partial charge < -0.3 is 24.2 Å². The van der Waals surface area contributed by atoms with Crippen LogP contribution in [0.3, 0.4) is 0 Å². The number of fused-ring (bicyclic) bond motifs is 2. The minimum atomic E-state index is -1.10. The molecule has 0 radical (unpaired) electrons. The molecule has 2 aromatic heterocycles. The Morgan fingerprint density at radius 1 is 1.12 bits per heavy atom. The molecule has 2 aliphatic heterocycles. The van der Waals surface area contributed by atoms with Gasteiger partial charge in [-0.15, -0.1) is 0 Å². The second-order valence-electron chi connectivity index (χ2n) is 13.2. The third-order valence-corrected chi connectivity index (χ3v) is 8.91. The summed E-state index contributed by atoms with van der Waals surface area (Å²) < 4.78 is 57.4. The highest BCUT2D eigenvalue weighted by Gasteiger charge is 2.36. The molecular weight excluding hydrogens is 647 g/mol. The van der Waals surface area contributed by atoms with Gasteiger partial charge in [0.15, 0.2) is 5.82 Å². The fourth-order valence-corrected chi connectivity index (χ4v) is 6.56. The molecular formula is C34H35ClF3N7O3. The number of aromatic nitrogens is 3. The van der Waals surface area contributed by atoms with E-state index in [-0.39, 0.29) is 78.2 Å². The molecule has 3 atom stereocenters. The van der Waals surface area contributed by atoms with Crippen LogP contribution in [0.4, 0.5) is 23.8 Å². The van der Waals surface area contributed by atoms with Gasteiger partial charge in [0.1, 0.15) is 34.6 Å². The summed E-state index contributed by atoms with van der Waals surface area (Å²) in [5.41, 5.74) is -0.673. The van der Waals surface area contributed by atoms with Crippen molar-refractivity contribution >= 4 is 45.2 Å². The normalized spacial score (nSPS) is 20.4. The van der Waals surface area contributed by atoms with Crippen molar-refractivity contribution in [3.63, 3.8) is 0 Å². The number of hydrogen-bond acceptors (Lipinski definition) is 9. The molecule has 2 aliphatic rings. The number of ether oxygens (including phenoxy) is 2. The van der Waals surface area contributed by atoms with Crippen LogP contribution >= 0.6 is 11.6 Å². The molecule has 0 unspecified atom stereocenters. The molecule has 14 heteroatoms. The summed E-state index contributed by atoms with van der Waals surface area (Å²) in [6, 6.07) is 9.26. The predicted octanol–water partition coefficient (Wildman–Crippen LogP) is 6.39. The fraction of sp³-hybridized carbons (Fsp3) is 0.441. The van der Waals surface area contributed by atoms with Crippen LogP contribution in [0.1, 0.15) is 27.2 Å². The number of carbonyl (C=O) groups excluding carboxylic acids is 1. The van der Waals surface area contributed by atoms with Gasteiger partial charge in [0.05, 0.1) is 35.5 Å². The molecule has 0 aliphatic carbocycles. The number of nitriles is 1. The van der Waals surface area contributed by atoms with Gasteiger partial charge in [0, 0.05) is 55.8 Å². The molecule has 10 nitrogen and oxygen atoms in total. The summed E-state index contributed by atoms with van der Waals surface area (Å²) in [5.74, 6) is -1.61. The maximum atomic E-state index is 16.7. The lowest BCUT2D eigenvalue weighted by atomic mass is 10.0. The summed E-state index contributed by atoms with van der Waals surface area (Å²) in [6.07, 6.45) is -0.192. The van der Waals surface area contributed by atoms with Crippen LogP contribution in [0.15, 0.2) is 36.5 Å². The average Bonchev–Trinajstić information content (AvgIpc) is 3.37. The van der Waals surface area contributed by atoms with Crippen molar-refractivity contribution in [2.75, 3.05) is 51.3 Å². The number of likely N-dealkylation sites (tertiary alicyclic amines) is 1. The highest BCUT2D eigenvalue weighted by atomic mass is 35.5. The van der Waals surface area contributed by atoms with Crippen LogP contribution in [-0.4, -0.2) is 95.0 Å². The van der Waals surface area contributed by atoms with E-state index in [4.69, 9.17) is 21.1 Å². The van der Waals surface area contributed by atoms with Gasteiger partial charge in [-0.2, -0.15) is 15.2 Å². The van der Waals surface area contributed by atoms with Crippen molar-refractivity contribution in [2.45, 2.75) is 45.0 Å². The van der Waals surface area contributed by atoms with Crippen molar-refractivity contribution in [2.24, 2.45) is 5.92 Å². The van der Waals surface area contributed by atoms with E-state index in [1.807, 2.05) is 16.8 Å². The zero-order chi connectivity index (χ0) is 34.3. The van der Waals surface area contributed by atoms with Crippen molar-refractivity contribution in [3.05, 3.63) is 53.2 Å². The Hall–Kier alpha value is -4.41. The first kappa shape index (κ1) is 33.5. The first-order valence-corrected chi connectivity index (χ1v) is 16.0. The fourth-order valence-electron chi connectivity index (χ4n) is 6.29. The molecule has 0 N–H and O–H groups in total. The number of halogens is 4. The number of benzene rings is 2. The highest BCUT2D eigenvalue weighted by molar-refractivity contribution is 6.36. The van der Waals surface area contributed by atoms with E-state index in [1.165, 1.54) is 17.2 Å². The lowest BCUT2D eigenvalue weighted by molar-refractivity contribution is 0.0145. The number of hydrogen-bond donors (Lipinski definition) is 0. The SMILES string of the molecule is CN1C[C@@H](COc2nc(N3CCN(C(=O)OC(C)(C)C)[C@@H](CC#N)C3)c3cnc(-c4cccc5ccc(F)c(Cl)c45)c(F)c3n2)[C@@H](F)C1. The van der Waals surface area contributed by atoms with Crippen molar-refractivity contribution in [1.29, 1.82) is 5.26 Å². The minimum absolute atomic E-state index is 0.0182. The summed E-state index contributed by atoms with van der Waals surface area (Å²) in [4.78, 5) is 31.7. The molecule has 6 rings (SSSR count). The van der Waals surface area contributed by atoms with Gasteiger partial charge in [-0.25, -0.2) is 18.0 Å². The van der Waals surface area contributed by atoms with Crippen LogP contribution < -0.4 is 9.64 Å². The molecule has 0 spiro atoms. The number of rotatable bonds is 6. The topological polar surface area (TPSA) is 108 Å². The number of pyridine rings is 1. The van der Waals surface area contributed by atoms with E-state index in [1.54, 1.807) is 45.0 Å². The first-order chi connectivity index (χ1) is 22.8. The van der Waals surface area contributed by atoms with Crippen LogP contribution in [0.5, 0.6) is 6.01 Å². The molecule has 0 saturated carbocycles. The average molecular weight is 682 g/mol. The van der Waals surface area contributed by atoms with E-state index in [0.717, 1.165) is 0 Å². The largest absolute Gasteiger partial charge is 0.463 e. The molecule has 4 heterocycles. The quantitative estimate of drug-likeness (QED) is 0.229. The maximum absolute atomic E-state index is 16.7. The van der Waals surface area contributed by atoms with Gasteiger partial charge >= 0.3 is 12.1 Å². The van der Waals surface area contributed by atoms with Crippen LogP contribution in [0.2, 0.25) is 5.02 Å². The minimum Gasteiger partial charge on any atom is -0.463 e. The maximum Gasteiger partial charge on any atom is 0.410 e. The van der Waals surface area contributed by atoms with Gasteiger partial charge in [0.2, 0.25) is 0 Å². The molecule has 252 valence electrons. The van der Waals surface area contributed by atoms with E-state index < -0.39 is 41.5 Å². The summed E-state index contributed by atoms with van der Waals surface area (Å²) >= 11 is 6.37. The van der Waals surface area contributed by atoms with E-state index in [9.17, 15) is 18.8 Å². The lowest BCUT2D eigenvalue weighted by Gasteiger charge is -2.41. The highest BCUT2D eigenvalue weighted by Crippen LogP contribution is 2.38. The molecule has 2 saturated heterocycles. The van der Waals surface area contributed by atoms with Crippen molar-refractivity contribution in [1.82, 2.24) is 24.8 Å². The number of amides is 1. The second-order valence-corrected chi connectivity index (χ2v) is 13.6. The van der Waals surface area contributed by atoms with Gasteiger partial charge in [-0.1, -0.05) is 35.9 Å². The zero-order valence-corrected chi connectivity index (χ0v) is 27.8. The third-order valence-electron chi connectivity index (χ3n) is 8.54. The lowest BCUT2D eigenvalue weighted by Crippen LogP contribution is -2.56. The summed E-state index contributed by atoms with van der Waals surface area (Å²) in [6.45, 7) is 6.68. The third kappa shape index (κ3) is 6.64. The molecule has 1 amide bonds. The Labute approximate surface area is 281 Å². The number of carbonyl (C=O) groups is 1. The Morgan fingerprint density at radius 3 is 2.62 bits per heavy atom. The van der Waals surface area contributed by atoms with Gasteiger partial charge in [-0.05, 0) is 39.3 Å². The van der Waals surface area contributed by atoms with Crippen molar-refractivity contribution in [3.8, 4) is 23.3 Å². The zero-order valence-electron chi connectivity index (χ0n) is 27.0. The van der Waals surface area contributed by atoms with Crippen LogP contribution in [0, 0.1) is 28.9 Å². The molecule has 2 fully saturated rings. The smallest absolute Gasteiger partial charge is 0.410 e. The second kappa shape index (κ2) is 13.2. The summed E-state index contributed by atoms with van der Waals surface area (Å²) in [5, 5.41) is 10.6. The Kier molecular flexibility index (Phi) is 9.24. The Bertz CT molecular complexity index is 1920. The number of nitrogens with zero attached hydrogens (tertiary/aromatic N) is 7. The van der Waals surface area contributed by atoms with Crippen LogP contribution in [-0.2, 0) is 4.74 Å². The molecule has 0 bridgehead atoms. The molecule has 2 aromatic carbocycles. The number of alkyl halides is 1. The summed E-state index contributed by atoms with van der Waals surface area (Å²) in [7, 11) is 1.82. The van der Waals surface area contributed by atoms with E-state index in [0.29, 0.717) is 17.3 Å². The molecule has 4 aromatic rings. The Balaban J connectivity index is 1.43. The predicted molar refractivity (Wildman–Crippen MR) is 176 cm³/mol. The Morgan fingerprint density at radius 2 is 1.92 bits per heavy atom. The van der Waals surface area contributed by atoms with Gasteiger partial charge in [0.25, 0.3) is 0 Å². The van der Waals surface area contributed by atoms with E-state index in [2.05, 4.69) is 21.0 Å². The van der Waals surface area contributed by atoms with Crippen molar-refractivity contribution < 1.29 is 27.4 Å².